The second kappa shape index (κ2) is 11.0. The normalized spacial score (nSPS) is 11.2. The summed E-state index contributed by atoms with van der Waals surface area (Å²) in [5, 5.41) is 10.1. The zero-order chi connectivity index (χ0) is 16.7. The van der Waals surface area contributed by atoms with Gasteiger partial charge in [0.15, 0.2) is 5.96 Å². The Labute approximate surface area is 164 Å². The van der Waals surface area contributed by atoms with Crippen LogP contribution in [0.3, 0.4) is 0 Å². The molecule has 132 valence electrons. The van der Waals surface area contributed by atoms with E-state index in [0.717, 1.165) is 5.69 Å². The molecule has 1 amide bonds. The van der Waals surface area contributed by atoms with Crippen LogP contribution in [0.5, 0.6) is 0 Å². The molecular formula is C14H24Cl2IN5O. The molecule has 0 aliphatic heterocycles. The molecule has 0 aliphatic carbocycles. The third-order valence-corrected chi connectivity index (χ3v) is 3.81. The lowest BCUT2D eigenvalue weighted by Gasteiger charge is -2.13. The molecule has 0 fully saturated rings. The number of nitrogens with zero attached hydrogens (tertiary/aromatic N) is 2. The summed E-state index contributed by atoms with van der Waals surface area (Å²) in [6, 6.07) is 1.96. The van der Waals surface area contributed by atoms with E-state index in [1.807, 2.05) is 20.9 Å². The Balaban J connectivity index is 0.00000484. The predicted octanol–water partition coefficient (Wildman–Crippen LogP) is 2.53. The number of guanidine groups is 1. The Morgan fingerprint density at radius 3 is 2.48 bits per heavy atom. The Bertz CT molecular complexity index is 546. The molecule has 1 aromatic heterocycles. The molecule has 0 atom stereocenters. The first kappa shape index (κ1) is 22.3. The fourth-order valence-electron chi connectivity index (χ4n) is 1.84. The first-order valence-corrected chi connectivity index (χ1v) is 7.84. The van der Waals surface area contributed by atoms with E-state index in [1.54, 1.807) is 17.7 Å². The maximum Gasteiger partial charge on any atom is 0.221 e. The molecule has 0 aromatic carbocycles. The summed E-state index contributed by atoms with van der Waals surface area (Å²) in [6.45, 7) is 4.90. The van der Waals surface area contributed by atoms with Crippen LogP contribution in [0.2, 0.25) is 10.2 Å². The second-order valence-corrected chi connectivity index (χ2v) is 5.92. The molecule has 0 radical (unpaired) electrons. The van der Waals surface area contributed by atoms with Gasteiger partial charge in [0.2, 0.25) is 5.91 Å². The quantitative estimate of drug-likeness (QED) is 0.336. The predicted molar refractivity (Wildman–Crippen MR) is 107 cm³/mol. The van der Waals surface area contributed by atoms with Crippen LogP contribution in [0.15, 0.2) is 11.1 Å². The van der Waals surface area contributed by atoms with Gasteiger partial charge in [0.1, 0.15) is 5.15 Å². The number of hydrogen-bond acceptors (Lipinski definition) is 2. The van der Waals surface area contributed by atoms with Crippen molar-refractivity contribution in [3.05, 3.63) is 21.9 Å². The fourth-order valence-corrected chi connectivity index (χ4v) is 2.26. The van der Waals surface area contributed by atoms with Gasteiger partial charge in [0, 0.05) is 38.8 Å². The molecule has 0 saturated heterocycles. The van der Waals surface area contributed by atoms with Gasteiger partial charge in [-0.1, -0.05) is 23.2 Å². The van der Waals surface area contributed by atoms with Crippen LogP contribution in [0, 0.1) is 0 Å². The average Bonchev–Trinajstić information content (AvgIpc) is 2.69. The summed E-state index contributed by atoms with van der Waals surface area (Å²) >= 11 is 12.0. The van der Waals surface area contributed by atoms with Crippen molar-refractivity contribution >= 4 is 59.0 Å². The highest BCUT2D eigenvalue weighted by Gasteiger charge is 2.09. The van der Waals surface area contributed by atoms with Crippen LogP contribution in [-0.2, 0) is 18.4 Å². The van der Waals surface area contributed by atoms with E-state index < -0.39 is 0 Å². The Hall–Kier alpha value is -0.670. The summed E-state index contributed by atoms with van der Waals surface area (Å²) in [7, 11) is 3.52. The number of carbonyl (C=O) groups excluding carboxylic acids is 1. The summed E-state index contributed by atoms with van der Waals surface area (Å²) in [5.41, 5.74) is 0.940. The van der Waals surface area contributed by atoms with Gasteiger partial charge in [-0.05, 0) is 19.9 Å². The monoisotopic (exact) mass is 475 g/mol. The first-order chi connectivity index (χ1) is 10.3. The summed E-state index contributed by atoms with van der Waals surface area (Å²) in [6.07, 6.45) is 0.390. The highest BCUT2D eigenvalue weighted by Crippen LogP contribution is 2.24. The number of aliphatic imine (C=N–C) groups is 1. The van der Waals surface area contributed by atoms with E-state index in [4.69, 9.17) is 23.2 Å². The summed E-state index contributed by atoms with van der Waals surface area (Å²) in [4.78, 5) is 15.7. The Kier molecular flexibility index (Phi) is 10.7. The minimum absolute atomic E-state index is 0. The van der Waals surface area contributed by atoms with Crippen molar-refractivity contribution in [3.8, 4) is 0 Å². The van der Waals surface area contributed by atoms with E-state index in [-0.39, 0.29) is 35.9 Å². The Morgan fingerprint density at radius 1 is 1.35 bits per heavy atom. The zero-order valence-corrected chi connectivity index (χ0v) is 17.6. The van der Waals surface area contributed by atoms with Gasteiger partial charge in [-0.3, -0.25) is 9.79 Å². The third kappa shape index (κ3) is 7.63. The van der Waals surface area contributed by atoms with Crippen LogP contribution in [0.4, 0.5) is 0 Å². The lowest BCUT2D eigenvalue weighted by atomic mass is 10.3. The van der Waals surface area contributed by atoms with Gasteiger partial charge in [0.25, 0.3) is 0 Å². The SMILES string of the molecule is CN=C(NCCC(=O)NC(C)C)NCc1cc(Cl)c(Cl)n1C.I. The zero-order valence-electron chi connectivity index (χ0n) is 13.7. The molecule has 9 heteroatoms. The van der Waals surface area contributed by atoms with Crippen molar-refractivity contribution in [2.45, 2.75) is 32.9 Å². The third-order valence-electron chi connectivity index (χ3n) is 2.97. The Morgan fingerprint density at radius 2 is 2.00 bits per heavy atom. The lowest BCUT2D eigenvalue weighted by molar-refractivity contribution is -0.121. The van der Waals surface area contributed by atoms with Crippen molar-refractivity contribution in [2.24, 2.45) is 12.0 Å². The molecule has 1 aromatic rings. The minimum Gasteiger partial charge on any atom is -0.356 e. The van der Waals surface area contributed by atoms with Crippen molar-refractivity contribution in [1.29, 1.82) is 0 Å². The topological polar surface area (TPSA) is 70.4 Å². The van der Waals surface area contributed by atoms with Gasteiger partial charge < -0.3 is 20.5 Å². The molecule has 0 aliphatic rings. The largest absolute Gasteiger partial charge is 0.356 e. The molecular weight excluding hydrogens is 452 g/mol. The molecule has 0 bridgehead atoms. The van der Waals surface area contributed by atoms with E-state index in [2.05, 4.69) is 20.9 Å². The minimum atomic E-state index is 0. The standard InChI is InChI=1S/C14H23Cl2N5O.HI/c1-9(2)20-12(22)5-6-18-14(17-3)19-8-10-7-11(15)13(16)21(10)4;/h7,9H,5-6,8H2,1-4H3,(H,20,22)(H2,17,18,19);1H. The van der Waals surface area contributed by atoms with E-state index in [9.17, 15) is 4.79 Å². The van der Waals surface area contributed by atoms with Gasteiger partial charge in [0.05, 0.1) is 11.6 Å². The molecule has 3 N–H and O–H groups in total. The van der Waals surface area contributed by atoms with Crippen molar-refractivity contribution in [2.75, 3.05) is 13.6 Å². The van der Waals surface area contributed by atoms with Crippen LogP contribution < -0.4 is 16.0 Å². The number of carbonyl (C=O) groups is 1. The molecule has 0 saturated carbocycles. The molecule has 0 unspecified atom stereocenters. The van der Waals surface area contributed by atoms with E-state index >= 15 is 0 Å². The maximum atomic E-state index is 11.5. The van der Waals surface area contributed by atoms with Gasteiger partial charge in [-0.25, -0.2) is 0 Å². The number of rotatable bonds is 6. The van der Waals surface area contributed by atoms with Crippen LogP contribution in [0.25, 0.3) is 0 Å². The van der Waals surface area contributed by atoms with Crippen molar-refractivity contribution in [3.63, 3.8) is 0 Å². The summed E-state index contributed by atoms with van der Waals surface area (Å²) in [5.74, 6) is 0.629. The highest BCUT2D eigenvalue weighted by molar-refractivity contribution is 14.0. The number of nitrogens with one attached hydrogen (secondary N) is 3. The average molecular weight is 476 g/mol. The van der Waals surface area contributed by atoms with E-state index in [1.165, 1.54) is 0 Å². The lowest BCUT2D eigenvalue weighted by Crippen LogP contribution is -2.39. The number of amides is 1. The second-order valence-electron chi connectivity index (χ2n) is 5.16. The summed E-state index contributed by atoms with van der Waals surface area (Å²) < 4.78 is 1.81. The highest BCUT2D eigenvalue weighted by atomic mass is 127. The van der Waals surface area contributed by atoms with Gasteiger partial charge in [-0.15, -0.1) is 24.0 Å². The molecule has 23 heavy (non-hydrogen) atoms. The van der Waals surface area contributed by atoms with Crippen LogP contribution in [0.1, 0.15) is 26.0 Å². The number of hydrogen-bond donors (Lipinski definition) is 3. The van der Waals surface area contributed by atoms with Crippen LogP contribution >= 0.6 is 47.2 Å². The molecule has 1 rings (SSSR count). The molecule has 0 spiro atoms. The first-order valence-electron chi connectivity index (χ1n) is 7.08. The number of halogens is 3. The van der Waals surface area contributed by atoms with Gasteiger partial charge >= 0.3 is 0 Å². The number of aromatic nitrogens is 1. The van der Waals surface area contributed by atoms with Crippen molar-refractivity contribution in [1.82, 2.24) is 20.5 Å². The smallest absolute Gasteiger partial charge is 0.221 e. The van der Waals surface area contributed by atoms with Gasteiger partial charge in [-0.2, -0.15) is 0 Å². The van der Waals surface area contributed by atoms with Crippen molar-refractivity contribution < 1.29 is 4.79 Å². The van der Waals surface area contributed by atoms with E-state index in [0.29, 0.717) is 35.6 Å². The van der Waals surface area contributed by atoms with Crippen LogP contribution in [-0.4, -0.2) is 36.1 Å². The fraction of sp³-hybridized carbons (Fsp3) is 0.571. The molecule has 6 nitrogen and oxygen atoms in total. The molecule has 1 heterocycles. The maximum absolute atomic E-state index is 11.5.